The van der Waals surface area contributed by atoms with Crippen molar-refractivity contribution in [2.24, 2.45) is 11.7 Å². The van der Waals surface area contributed by atoms with E-state index in [0.717, 1.165) is 0 Å². The molecule has 1 rings (SSSR count). The van der Waals surface area contributed by atoms with Crippen molar-refractivity contribution in [2.75, 3.05) is 0 Å². The molecule has 80 valence electrons. The van der Waals surface area contributed by atoms with E-state index in [9.17, 15) is 0 Å². The summed E-state index contributed by atoms with van der Waals surface area (Å²) in [5.41, 5.74) is 5.80. The van der Waals surface area contributed by atoms with Gasteiger partial charge in [0.15, 0.2) is 5.82 Å². The summed E-state index contributed by atoms with van der Waals surface area (Å²) in [6.07, 6.45) is 0. The maximum Gasteiger partial charge on any atom is 0.232 e. The molecule has 1 unspecified atom stereocenters. The lowest BCUT2D eigenvalue weighted by atomic mass is 9.97. The topological polar surface area (TPSA) is 64.9 Å². The van der Waals surface area contributed by atoms with E-state index < -0.39 is 0 Å². The Hall–Kier alpha value is -0.900. The number of hydrogen-bond acceptors (Lipinski definition) is 4. The SMILES string of the molecule is CC(C)C(N)c1noc(C(C)(C)C)n1. The minimum atomic E-state index is -0.144. The highest BCUT2D eigenvalue weighted by atomic mass is 16.5. The first-order chi connectivity index (χ1) is 6.32. The standard InChI is InChI=1S/C10H19N3O/c1-6(2)7(11)8-12-9(14-13-8)10(3,4)5/h6-7H,11H2,1-5H3. The molecule has 1 aromatic heterocycles. The fourth-order valence-electron chi connectivity index (χ4n) is 0.973. The van der Waals surface area contributed by atoms with Crippen LogP contribution in [-0.2, 0) is 5.41 Å². The van der Waals surface area contributed by atoms with Gasteiger partial charge < -0.3 is 10.3 Å². The molecule has 14 heavy (non-hydrogen) atoms. The summed E-state index contributed by atoms with van der Waals surface area (Å²) in [5, 5.41) is 3.89. The molecule has 2 N–H and O–H groups in total. The maximum atomic E-state index is 5.91. The zero-order valence-electron chi connectivity index (χ0n) is 9.53. The van der Waals surface area contributed by atoms with Gasteiger partial charge in [-0.2, -0.15) is 4.98 Å². The molecule has 0 spiro atoms. The number of nitrogens with two attached hydrogens (primary N) is 1. The van der Waals surface area contributed by atoms with Crippen molar-refractivity contribution in [3.63, 3.8) is 0 Å². The van der Waals surface area contributed by atoms with E-state index in [1.165, 1.54) is 0 Å². The van der Waals surface area contributed by atoms with Crippen LogP contribution in [0.3, 0.4) is 0 Å². The zero-order chi connectivity index (χ0) is 10.9. The van der Waals surface area contributed by atoms with E-state index >= 15 is 0 Å². The van der Waals surface area contributed by atoms with Crippen LogP contribution in [0.2, 0.25) is 0 Å². The lowest BCUT2D eigenvalue weighted by Gasteiger charge is -2.12. The highest BCUT2D eigenvalue weighted by molar-refractivity contribution is 5.01. The summed E-state index contributed by atoms with van der Waals surface area (Å²) < 4.78 is 5.16. The third-order valence-corrected chi connectivity index (χ3v) is 2.10. The average molecular weight is 197 g/mol. The van der Waals surface area contributed by atoms with Crippen LogP contribution in [0.1, 0.15) is 52.4 Å². The molecule has 0 radical (unpaired) electrons. The van der Waals surface area contributed by atoms with Crippen LogP contribution < -0.4 is 5.73 Å². The first-order valence-electron chi connectivity index (χ1n) is 4.92. The van der Waals surface area contributed by atoms with Crippen molar-refractivity contribution in [3.05, 3.63) is 11.7 Å². The zero-order valence-corrected chi connectivity index (χ0v) is 9.53. The molecular weight excluding hydrogens is 178 g/mol. The Balaban J connectivity index is 2.89. The summed E-state index contributed by atoms with van der Waals surface area (Å²) in [6.45, 7) is 10.2. The van der Waals surface area contributed by atoms with Crippen LogP contribution in [0, 0.1) is 5.92 Å². The molecule has 0 aromatic carbocycles. The van der Waals surface area contributed by atoms with Crippen molar-refractivity contribution >= 4 is 0 Å². The molecule has 0 amide bonds. The van der Waals surface area contributed by atoms with Gasteiger partial charge in [-0.15, -0.1) is 0 Å². The van der Waals surface area contributed by atoms with Gasteiger partial charge in [-0.3, -0.25) is 0 Å². The molecule has 0 saturated heterocycles. The predicted molar refractivity (Wildman–Crippen MR) is 54.8 cm³/mol. The van der Waals surface area contributed by atoms with Crippen LogP contribution in [0.15, 0.2) is 4.52 Å². The second kappa shape index (κ2) is 3.69. The summed E-state index contributed by atoms with van der Waals surface area (Å²) >= 11 is 0. The van der Waals surface area contributed by atoms with Gasteiger partial charge in [-0.25, -0.2) is 0 Å². The summed E-state index contributed by atoms with van der Waals surface area (Å²) in [6, 6.07) is -0.144. The normalized spacial score (nSPS) is 14.8. The third kappa shape index (κ3) is 2.32. The molecule has 0 aliphatic rings. The Kier molecular flexibility index (Phi) is 2.95. The molecule has 0 bridgehead atoms. The highest BCUT2D eigenvalue weighted by Crippen LogP contribution is 2.22. The highest BCUT2D eigenvalue weighted by Gasteiger charge is 2.24. The van der Waals surface area contributed by atoms with Gasteiger partial charge in [0, 0.05) is 5.41 Å². The summed E-state index contributed by atoms with van der Waals surface area (Å²) in [4.78, 5) is 4.30. The first-order valence-corrected chi connectivity index (χ1v) is 4.92. The van der Waals surface area contributed by atoms with E-state index in [1.54, 1.807) is 0 Å². The minimum Gasteiger partial charge on any atom is -0.339 e. The fraction of sp³-hybridized carbons (Fsp3) is 0.800. The molecule has 4 nitrogen and oxygen atoms in total. The summed E-state index contributed by atoms with van der Waals surface area (Å²) in [5.74, 6) is 1.56. The maximum absolute atomic E-state index is 5.91. The molecule has 0 fully saturated rings. The van der Waals surface area contributed by atoms with Crippen LogP contribution in [0.25, 0.3) is 0 Å². The predicted octanol–water partition coefficient (Wildman–Crippen LogP) is 2.02. The van der Waals surface area contributed by atoms with E-state index in [1.807, 2.05) is 34.6 Å². The molecule has 1 aromatic rings. The van der Waals surface area contributed by atoms with Crippen molar-refractivity contribution in [1.82, 2.24) is 10.1 Å². The Morgan fingerprint density at radius 3 is 2.21 bits per heavy atom. The van der Waals surface area contributed by atoms with Crippen LogP contribution >= 0.6 is 0 Å². The van der Waals surface area contributed by atoms with Gasteiger partial charge in [0.05, 0.1) is 6.04 Å². The van der Waals surface area contributed by atoms with Crippen LogP contribution in [0.5, 0.6) is 0 Å². The third-order valence-electron chi connectivity index (χ3n) is 2.10. The quantitative estimate of drug-likeness (QED) is 0.787. The number of nitrogens with zero attached hydrogens (tertiary/aromatic N) is 2. The number of rotatable bonds is 2. The average Bonchev–Trinajstić information content (AvgIpc) is 2.49. The molecule has 0 aliphatic carbocycles. The Bertz CT molecular complexity index is 299. The Morgan fingerprint density at radius 2 is 1.86 bits per heavy atom. The van der Waals surface area contributed by atoms with E-state index in [2.05, 4.69) is 10.1 Å². The lowest BCUT2D eigenvalue weighted by Crippen LogP contribution is -2.19. The van der Waals surface area contributed by atoms with Crippen molar-refractivity contribution in [3.8, 4) is 0 Å². The fourth-order valence-corrected chi connectivity index (χ4v) is 0.973. The Morgan fingerprint density at radius 1 is 1.29 bits per heavy atom. The van der Waals surface area contributed by atoms with Crippen molar-refractivity contribution in [2.45, 2.75) is 46.1 Å². The number of hydrogen-bond donors (Lipinski definition) is 1. The smallest absolute Gasteiger partial charge is 0.232 e. The molecule has 1 atom stereocenters. The van der Waals surface area contributed by atoms with Crippen molar-refractivity contribution < 1.29 is 4.52 Å². The number of aromatic nitrogens is 2. The Labute approximate surface area is 84.9 Å². The monoisotopic (exact) mass is 197 g/mol. The van der Waals surface area contributed by atoms with E-state index in [-0.39, 0.29) is 11.5 Å². The summed E-state index contributed by atoms with van der Waals surface area (Å²) in [7, 11) is 0. The molecule has 0 aliphatic heterocycles. The molecular formula is C10H19N3O. The van der Waals surface area contributed by atoms with Crippen LogP contribution in [0.4, 0.5) is 0 Å². The molecule has 0 saturated carbocycles. The second-order valence-corrected chi connectivity index (χ2v) is 4.98. The van der Waals surface area contributed by atoms with Gasteiger partial charge in [0.1, 0.15) is 0 Å². The minimum absolute atomic E-state index is 0.109. The van der Waals surface area contributed by atoms with E-state index in [4.69, 9.17) is 10.3 Å². The van der Waals surface area contributed by atoms with E-state index in [0.29, 0.717) is 17.6 Å². The first kappa shape index (κ1) is 11.2. The van der Waals surface area contributed by atoms with Gasteiger partial charge in [-0.05, 0) is 5.92 Å². The van der Waals surface area contributed by atoms with Gasteiger partial charge in [0.25, 0.3) is 0 Å². The molecule has 1 heterocycles. The van der Waals surface area contributed by atoms with Gasteiger partial charge in [0.2, 0.25) is 5.89 Å². The van der Waals surface area contributed by atoms with Crippen molar-refractivity contribution in [1.29, 1.82) is 0 Å². The van der Waals surface area contributed by atoms with Gasteiger partial charge in [-0.1, -0.05) is 39.8 Å². The second-order valence-electron chi connectivity index (χ2n) is 4.98. The van der Waals surface area contributed by atoms with Gasteiger partial charge >= 0.3 is 0 Å². The molecule has 4 heteroatoms. The largest absolute Gasteiger partial charge is 0.339 e. The lowest BCUT2D eigenvalue weighted by molar-refractivity contribution is 0.315. The van der Waals surface area contributed by atoms with Crippen LogP contribution in [-0.4, -0.2) is 10.1 Å².